The van der Waals surface area contributed by atoms with Gasteiger partial charge in [-0.3, -0.25) is 0 Å². The lowest BCUT2D eigenvalue weighted by atomic mass is 9.75. The van der Waals surface area contributed by atoms with Gasteiger partial charge in [0.2, 0.25) is 0 Å². The summed E-state index contributed by atoms with van der Waals surface area (Å²) in [5.41, 5.74) is 0.957. The zero-order valence-corrected chi connectivity index (χ0v) is 12.3. The molecule has 2 unspecified atom stereocenters. The van der Waals surface area contributed by atoms with Crippen molar-refractivity contribution in [2.45, 2.75) is 37.4 Å². The molecule has 1 aliphatic carbocycles. The average molecular weight is 270 g/mol. The van der Waals surface area contributed by atoms with Crippen LogP contribution in [0.3, 0.4) is 0 Å². The Kier molecular flexibility index (Phi) is 3.77. The van der Waals surface area contributed by atoms with Crippen molar-refractivity contribution in [3.8, 4) is 0 Å². The second-order valence-electron chi connectivity index (χ2n) is 5.59. The number of hydrogen-bond donors (Lipinski definition) is 0. The van der Waals surface area contributed by atoms with E-state index in [0.29, 0.717) is 0 Å². The quantitative estimate of drug-likeness (QED) is 0.829. The number of fused-ring (bicyclic) bond motifs is 1. The minimum Gasteiger partial charge on any atom is -0.378 e. The van der Waals surface area contributed by atoms with Gasteiger partial charge in [-0.15, -0.1) is 0 Å². The van der Waals surface area contributed by atoms with Gasteiger partial charge in [0, 0.05) is 14.2 Å². The molecule has 1 aliphatic rings. The van der Waals surface area contributed by atoms with Crippen LogP contribution in [0.4, 0.5) is 0 Å². The minimum absolute atomic E-state index is 0.132. The van der Waals surface area contributed by atoms with Gasteiger partial charge in [-0.2, -0.15) is 0 Å². The Bertz CT molecular complexity index is 587. The molecular formula is C18H22O2. The first-order valence-electron chi connectivity index (χ1n) is 7.38. The van der Waals surface area contributed by atoms with Gasteiger partial charge in [-0.05, 0) is 29.2 Å². The summed E-state index contributed by atoms with van der Waals surface area (Å²) in [6.07, 6.45) is 4.63. The summed E-state index contributed by atoms with van der Waals surface area (Å²) < 4.78 is 11.8. The molecule has 0 spiro atoms. The Labute approximate surface area is 120 Å². The first kappa shape index (κ1) is 13.6. The second kappa shape index (κ2) is 5.55. The molecule has 1 saturated carbocycles. The third kappa shape index (κ3) is 2.04. The van der Waals surface area contributed by atoms with E-state index in [1.54, 1.807) is 7.11 Å². The standard InChI is InChI=1S/C18H22O2/c1-19-17-12-5-6-13-18(17,20-2)16-11-7-9-14-8-3-4-10-15(14)16/h3-4,7-11,17H,5-6,12-13H2,1-2H3. The van der Waals surface area contributed by atoms with Crippen LogP contribution < -0.4 is 0 Å². The van der Waals surface area contributed by atoms with E-state index < -0.39 is 0 Å². The molecule has 0 aromatic heterocycles. The Morgan fingerprint density at radius 3 is 2.60 bits per heavy atom. The van der Waals surface area contributed by atoms with Crippen molar-refractivity contribution in [2.75, 3.05) is 14.2 Å². The molecule has 0 bridgehead atoms. The zero-order valence-electron chi connectivity index (χ0n) is 12.3. The highest BCUT2D eigenvalue weighted by Crippen LogP contribution is 2.44. The molecule has 2 atom stereocenters. The lowest BCUT2D eigenvalue weighted by Crippen LogP contribution is -2.45. The van der Waals surface area contributed by atoms with Crippen molar-refractivity contribution in [2.24, 2.45) is 0 Å². The topological polar surface area (TPSA) is 18.5 Å². The molecule has 0 saturated heterocycles. The van der Waals surface area contributed by atoms with E-state index in [-0.39, 0.29) is 11.7 Å². The van der Waals surface area contributed by atoms with Crippen LogP contribution >= 0.6 is 0 Å². The van der Waals surface area contributed by atoms with Gasteiger partial charge in [0.15, 0.2) is 0 Å². The molecule has 0 amide bonds. The zero-order chi connectivity index (χ0) is 14.0. The van der Waals surface area contributed by atoms with Gasteiger partial charge < -0.3 is 9.47 Å². The summed E-state index contributed by atoms with van der Waals surface area (Å²) in [7, 11) is 3.62. The smallest absolute Gasteiger partial charge is 0.119 e. The van der Waals surface area contributed by atoms with E-state index in [0.717, 1.165) is 12.8 Å². The second-order valence-corrected chi connectivity index (χ2v) is 5.59. The number of hydrogen-bond acceptors (Lipinski definition) is 2. The highest BCUT2D eigenvalue weighted by Gasteiger charge is 2.43. The molecule has 0 N–H and O–H groups in total. The van der Waals surface area contributed by atoms with Crippen LogP contribution in [0.15, 0.2) is 42.5 Å². The normalized spacial score (nSPS) is 26.8. The molecule has 2 heteroatoms. The van der Waals surface area contributed by atoms with E-state index in [1.807, 2.05) is 7.11 Å². The van der Waals surface area contributed by atoms with Gasteiger partial charge in [0.1, 0.15) is 5.60 Å². The summed E-state index contributed by atoms with van der Waals surface area (Å²) in [6, 6.07) is 15.0. The largest absolute Gasteiger partial charge is 0.378 e. The van der Waals surface area contributed by atoms with Crippen molar-refractivity contribution in [3.63, 3.8) is 0 Å². The summed E-state index contributed by atoms with van der Waals surface area (Å²) in [5.74, 6) is 0. The number of ether oxygens (including phenoxy) is 2. The predicted molar refractivity (Wildman–Crippen MR) is 81.9 cm³/mol. The van der Waals surface area contributed by atoms with Crippen LogP contribution in [0, 0.1) is 0 Å². The lowest BCUT2D eigenvalue weighted by molar-refractivity contribution is -0.143. The average Bonchev–Trinajstić information content (AvgIpc) is 2.54. The summed E-state index contributed by atoms with van der Waals surface area (Å²) >= 11 is 0. The van der Waals surface area contributed by atoms with E-state index in [2.05, 4.69) is 42.5 Å². The molecule has 106 valence electrons. The molecular weight excluding hydrogens is 248 g/mol. The van der Waals surface area contributed by atoms with E-state index in [4.69, 9.17) is 9.47 Å². The highest BCUT2D eigenvalue weighted by atomic mass is 16.5. The molecule has 2 nitrogen and oxygen atoms in total. The Hall–Kier alpha value is -1.38. The van der Waals surface area contributed by atoms with Gasteiger partial charge in [-0.1, -0.05) is 55.3 Å². The maximum Gasteiger partial charge on any atom is 0.119 e. The van der Waals surface area contributed by atoms with Crippen molar-refractivity contribution in [1.29, 1.82) is 0 Å². The Morgan fingerprint density at radius 2 is 1.80 bits per heavy atom. The van der Waals surface area contributed by atoms with Crippen molar-refractivity contribution in [3.05, 3.63) is 48.0 Å². The van der Waals surface area contributed by atoms with Crippen molar-refractivity contribution < 1.29 is 9.47 Å². The molecule has 0 radical (unpaired) electrons. The lowest BCUT2D eigenvalue weighted by Gasteiger charge is -2.43. The highest BCUT2D eigenvalue weighted by molar-refractivity contribution is 5.86. The first-order chi connectivity index (χ1) is 9.81. The number of benzene rings is 2. The van der Waals surface area contributed by atoms with Gasteiger partial charge in [0.25, 0.3) is 0 Å². The van der Waals surface area contributed by atoms with Crippen LogP contribution in [0.25, 0.3) is 10.8 Å². The maximum absolute atomic E-state index is 6.05. The van der Waals surface area contributed by atoms with Gasteiger partial charge in [0.05, 0.1) is 6.10 Å². The summed E-state index contributed by atoms with van der Waals surface area (Å²) in [4.78, 5) is 0. The molecule has 2 aromatic carbocycles. The first-order valence-corrected chi connectivity index (χ1v) is 7.38. The fourth-order valence-electron chi connectivity index (χ4n) is 3.67. The SMILES string of the molecule is COC1CCCCC1(OC)c1cccc2ccccc12. The summed E-state index contributed by atoms with van der Waals surface area (Å²) in [5, 5.41) is 2.54. The van der Waals surface area contributed by atoms with Crippen LogP contribution in [0.5, 0.6) is 0 Å². The van der Waals surface area contributed by atoms with E-state index in [1.165, 1.54) is 29.2 Å². The third-order valence-electron chi connectivity index (χ3n) is 4.68. The van der Waals surface area contributed by atoms with Crippen LogP contribution in [-0.2, 0) is 15.1 Å². The van der Waals surface area contributed by atoms with Crippen molar-refractivity contribution >= 4 is 10.8 Å². The summed E-state index contributed by atoms with van der Waals surface area (Å²) in [6.45, 7) is 0. The Balaban J connectivity index is 2.20. The fourth-order valence-corrected chi connectivity index (χ4v) is 3.67. The molecule has 1 fully saturated rings. The van der Waals surface area contributed by atoms with Gasteiger partial charge >= 0.3 is 0 Å². The van der Waals surface area contributed by atoms with Crippen molar-refractivity contribution in [1.82, 2.24) is 0 Å². The molecule has 20 heavy (non-hydrogen) atoms. The van der Waals surface area contributed by atoms with Crippen LogP contribution in [-0.4, -0.2) is 20.3 Å². The number of methoxy groups -OCH3 is 2. The molecule has 0 heterocycles. The monoisotopic (exact) mass is 270 g/mol. The maximum atomic E-state index is 6.05. The molecule has 3 rings (SSSR count). The molecule has 0 aliphatic heterocycles. The minimum atomic E-state index is -0.312. The van der Waals surface area contributed by atoms with E-state index in [9.17, 15) is 0 Å². The Morgan fingerprint density at radius 1 is 1.00 bits per heavy atom. The predicted octanol–water partition coefficient (Wildman–Crippen LogP) is 4.27. The van der Waals surface area contributed by atoms with E-state index >= 15 is 0 Å². The third-order valence-corrected chi connectivity index (χ3v) is 4.68. The molecule has 2 aromatic rings. The van der Waals surface area contributed by atoms with Gasteiger partial charge in [-0.25, -0.2) is 0 Å². The fraction of sp³-hybridized carbons (Fsp3) is 0.444. The number of rotatable bonds is 3. The van der Waals surface area contributed by atoms with Crippen LogP contribution in [0.1, 0.15) is 31.2 Å². The van der Waals surface area contributed by atoms with Crippen LogP contribution in [0.2, 0.25) is 0 Å².